The van der Waals surface area contributed by atoms with E-state index < -0.39 is 0 Å². The quantitative estimate of drug-likeness (QED) is 0.541. The summed E-state index contributed by atoms with van der Waals surface area (Å²) in [5.74, 6) is 0.135. The highest BCUT2D eigenvalue weighted by molar-refractivity contribution is 7.71. The van der Waals surface area contributed by atoms with Crippen molar-refractivity contribution in [2.24, 2.45) is 0 Å². The molecule has 0 spiro atoms. The lowest BCUT2D eigenvalue weighted by molar-refractivity contribution is 0.0988. The van der Waals surface area contributed by atoms with Gasteiger partial charge in [-0.1, -0.05) is 19.1 Å². The lowest BCUT2D eigenvalue weighted by Crippen LogP contribution is -1.96. The molecule has 0 aliphatic carbocycles. The summed E-state index contributed by atoms with van der Waals surface area (Å²) in [7, 11) is 0. The molecule has 1 N–H and O–H groups in total. The van der Waals surface area contributed by atoms with Crippen LogP contribution in [-0.2, 0) is 0 Å². The van der Waals surface area contributed by atoms with Gasteiger partial charge in [-0.2, -0.15) is 0 Å². The zero-order valence-electron chi connectivity index (χ0n) is 6.26. The first-order chi connectivity index (χ1) is 5.24. The van der Waals surface area contributed by atoms with Crippen LogP contribution in [0.2, 0.25) is 0 Å². The molecule has 0 aromatic carbocycles. The molecule has 0 saturated heterocycles. The number of H-pyrrole nitrogens is 1. The van der Waals surface area contributed by atoms with Gasteiger partial charge in [0, 0.05) is 18.2 Å². The smallest absolute Gasteiger partial charge is 0.164 e. The molecule has 0 aliphatic rings. The highest BCUT2D eigenvalue weighted by Gasteiger charge is 1.99. The molecule has 2 nitrogen and oxygen atoms in total. The van der Waals surface area contributed by atoms with E-state index in [1.165, 1.54) is 0 Å². The van der Waals surface area contributed by atoms with E-state index in [1.807, 2.05) is 6.92 Å². The maximum atomic E-state index is 11.1. The Bertz CT molecular complexity index is 296. The molecule has 1 aromatic rings. The fourth-order valence-corrected chi connectivity index (χ4v) is 0.915. The topological polar surface area (TPSA) is 32.9 Å². The van der Waals surface area contributed by atoms with Gasteiger partial charge in [-0.25, -0.2) is 0 Å². The third kappa shape index (κ3) is 1.98. The molecule has 11 heavy (non-hydrogen) atoms. The highest BCUT2D eigenvalue weighted by Crippen LogP contribution is 2.00. The molecule has 0 unspecified atom stereocenters. The van der Waals surface area contributed by atoms with E-state index in [1.54, 1.807) is 18.3 Å². The van der Waals surface area contributed by atoms with Crippen molar-refractivity contribution in [2.45, 2.75) is 13.3 Å². The van der Waals surface area contributed by atoms with Gasteiger partial charge in [-0.3, -0.25) is 4.79 Å². The van der Waals surface area contributed by atoms with Crippen molar-refractivity contribution in [3.63, 3.8) is 0 Å². The van der Waals surface area contributed by atoms with Gasteiger partial charge in [0.15, 0.2) is 5.78 Å². The van der Waals surface area contributed by atoms with E-state index in [0.717, 1.165) is 0 Å². The fourth-order valence-electron chi connectivity index (χ4n) is 0.788. The number of carbonyl (C=O) groups is 1. The second kappa shape index (κ2) is 3.44. The predicted molar refractivity (Wildman–Crippen MR) is 46.2 cm³/mol. The van der Waals surface area contributed by atoms with Crippen molar-refractivity contribution in [3.8, 4) is 0 Å². The Balaban J connectivity index is 2.99. The molecular weight excluding hydrogens is 158 g/mol. The van der Waals surface area contributed by atoms with Crippen molar-refractivity contribution in [1.82, 2.24) is 4.98 Å². The van der Waals surface area contributed by atoms with E-state index in [9.17, 15) is 4.79 Å². The number of pyridine rings is 1. The average molecular weight is 167 g/mol. The maximum absolute atomic E-state index is 11.1. The monoisotopic (exact) mass is 167 g/mol. The molecule has 0 atom stereocenters. The molecular formula is C8H9NOS. The molecule has 0 aliphatic heterocycles. The zero-order valence-corrected chi connectivity index (χ0v) is 7.07. The second-order valence-corrected chi connectivity index (χ2v) is 2.66. The Hall–Kier alpha value is -0.960. The number of hydrogen-bond donors (Lipinski definition) is 1. The molecule has 58 valence electrons. The van der Waals surface area contributed by atoms with Crippen molar-refractivity contribution in [3.05, 3.63) is 28.5 Å². The lowest BCUT2D eigenvalue weighted by atomic mass is 10.1. The Morgan fingerprint density at radius 2 is 2.36 bits per heavy atom. The van der Waals surface area contributed by atoms with E-state index in [2.05, 4.69) is 4.98 Å². The number of carbonyl (C=O) groups excluding carboxylic acids is 1. The van der Waals surface area contributed by atoms with Crippen molar-refractivity contribution in [1.29, 1.82) is 0 Å². The van der Waals surface area contributed by atoms with Gasteiger partial charge in [-0.05, 0) is 12.1 Å². The standard InChI is InChI=1S/C8H9NOS/c1-2-7(10)6-3-4-8(11)9-5-6/h3-5H,2H2,1H3,(H,9,11). The van der Waals surface area contributed by atoms with Crippen molar-refractivity contribution >= 4 is 18.0 Å². The summed E-state index contributed by atoms with van der Waals surface area (Å²) >= 11 is 4.83. The lowest BCUT2D eigenvalue weighted by Gasteiger charge is -1.94. The number of rotatable bonds is 2. The van der Waals surface area contributed by atoms with Crippen LogP contribution in [0.3, 0.4) is 0 Å². The first-order valence-corrected chi connectivity index (χ1v) is 3.87. The molecule has 0 radical (unpaired) electrons. The van der Waals surface area contributed by atoms with Gasteiger partial charge >= 0.3 is 0 Å². The molecule has 0 fully saturated rings. The summed E-state index contributed by atoms with van der Waals surface area (Å²) in [5, 5.41) is 0. The van der Waals surface area contributed by atoms with Crippen LogP contribution in [0.1, 0.15) is 23.7 Å². The van der Waals surface area contributed by atoms with Crippen LogP contribution in [0.25, 0.3) is 0 Å². The molecule has 1 aromatic heterocycles. The van der Waals surface area contributed by atoms with Crippen LogP contribution in [-0.4, -0.2) is 10.8 Å². The SMILES string of the molecule is CCC(=O)c1ccc(=S)[nH]c1. The van der Waals surface area contributed by atoms with Crippen molar-refractivity contribution in [2.75, 3.05) is 0 Å². The van der Waals surface area contributed by atoms with Gasteiger partial charge in [0.05, 0.1) is 0 Å². The van der Waals surface area contributed by atoms with E-state index in [4.69, 9.17) is 12.2 Å². The number of hydrogen-bond acceptors (Lipinski definition) is 2. The number of ketones is 1. The summed E-state index contributed by atoms with van der Waals surface area (Å²) in [4.78, 5) is 13.9. The largest absolute Gasteiger partial charge is 0.352 e. The first kappa shape index (κ1) is 8.14. The summed E-state index contributed by atoms with van der Waals surface area (Å²) in [6.07, 6.45) is 2.18. The Kier molecular flexibility index (Phi) is 2.54. The zero-order chi connectivity index (χ0) is 8.27. The molecule has 0 bridgehead atoms. The van der Waals surface area contributed by atoms with Gasteiger partial charge in [0.1, 0.15) is 4.64 Å². The predicted octanol–water partition coefficient (Wildman–Crippen LogP) is 2.34. The molecule has 0 saturated carbocycles. The van der Waals surface area contributed by atoms with Crippen LogP contribution in [0.5, 0.6) is 0 Å². The van der Waals surface area contributed by atoms with E-state index in [-0.39, 0.29) is 5.78 Å². The van der Waals surface area contributed by atoms with Gasteiger partial charge in [0.2, 0.25) is 0 Å². The molecule has 1 rings (SSSR count). The van der Waals surface area contributed by atoms with Gasteiger partial charge in [0.25, 0.3) is 0 Å². The van der Waals surface area contributed by atoms with Crippen LogP contribution in [0.4, 0.5) is 0 Å². The second-order valence-electron chi connectivity index (χ2n) is 2.22. The Morgan fingerprint density at radius 1 is 1.64 bits per heavy atom. The summed E-state index contributed by atoms with van der Waals surface area (Å²) in [6, 6.07) is 3.46. The molecule has 3 heteroatoms. The first-order valence-electron chi connectivity index (χ1n) is 3.46. The number of nitrogens with one attached hydrogen (secondary N) is 1. The van der Waals surface area contributed by atoms with Crippen LogP contribution < -0.4 is 0 Å². The summed E-state index contributed by atoms with van der Waals surface area (Å²) in [5.41, 5.74) is 0.695. The fraction of sp³-hybridized carbons (Fsp3) is 0.250. The van der Waals surface area contributed by atoms with Crippen LogP contribution >= 0.6 is 12.2 Å². The number of aromatic amines is 1. The Labute approximate surface area is 70.3 Å². The number of aromatic nitrogens is 1. The molecule has 1 heterocycles. The van der Waals surface area contributed by atoms with Gasteiger partial charge in [-0.15, -0.1) is 0 Å². The van der Waals surface area contributed by atoms with Crippen molar-refractivity contribution < 1.29 is 4.79 Å². The normalized spacial score (nSPS) is 9.55. The van der Waals surface area contributed by atoms with E-state index in [0.29, 0.717) is 16.6 Å². The average Bonchev–Trinajstić information content (AvgIpc) is 2.05. The van der Waals surface area contributed by atoms with Crippen LogP contribution in [0.15, 0.2) is 18.3 Å². The summed E-state index contributed by atoms with van der Waals surface area (Å²) in [6.45, 7) is 1.84. The highest BCUT2D eigenvalue weighted by atomic mass is 32.1. The van der Waals surface area contributed by atoms with Gasteiger partial charge < -0.3 is 4.98 Å². The minimum atomic E-state index is 0.135. The number of Topliss-reactive ketones (excluding diaryl/α,β-unsaturated/α-hetero) is 1. The maximum Gasteiger partial charge on any atom is 0.164 e. The van der Waals surface area contributed by atoms with E-state index >= 15 is 0 Å². The summed E-state index contributed by atoms with van der Waals surface area (Å²) < 4.78 is 0.651. The third-order valence-electron chi connectivity index (χ3n) is 1.43. The minimum absolute atomic E-state index is 0.135. The Morgan fingerprint density at radius 3 is 2.82 bits per heavy atom. The van der Waals surface area contributed by atoms with Crippen LogP contribution in [0, 0.1) is 4.64 Å². The minimum Gasteiger partial charge on any atom is -0.352 e. The third-order valence-corrected chi connectivity index (χ3v) is 1.68. The molecule has 0 amide bonds.